The Morgan fingerprint density at radius 1 is 1.00 bits per heavy atom. The molecule has 0 aromatic heterocycles. The van der Waals surface area contributed by atoms with Crippen LogP contribution in [-0.4, -0.2) is 125 Å². The summed E-state index contributed by atoms with van der Waals surface area (Å²) in [5, 5.41) is 63.2. The lowest BCUT2D eigenvalue weighted by atomic mass is 9.43. The van der Waals surface area contributed by atoms with Crippen LogP contribution in [0.15, 0.2) is 11.6 Å². The number of aldehydes is 1. The van der Waals surface area contributed by atoms with Crippen molar-refractivity contribution in [1.82, 2.24) is 0 Å². The molecule has 46 heavy (non-hydrogen) atoms. The Kier molecular flexibility index (Phi) is 9.05. The number of methoxy groups -OCH3 is 1. The van der Waals surface area contributed by atoms with Gasteiger partial charge in [0.25, 0.3) is 0 Å². The SMILES string of the molecule is COC1C(C)OC(OCC23CC4C(C)CCC4C4(C=O)CC2C=C(C(C)C)C43C(=O)OC2OC(CO)C(O)C(O)C2O)C(O)C1O. The van der Waals surface area contributed by atoms with Gasteiger partial charge in [-0.15, -0.1) is 0 Å². The van der Waals surface area contributed by atoms with E-state index in [4.69, 9.17) is 23.7 Å². The highest BCUT2D eigenvalue weighted by Gasteiger charge is 2.85. The van der Waals surface area contributed by atoms with Crippen LogP contribution in [0.2, 0.25) is 0 Å². The second-order valence-electron chi connectivity index (χ2n) is 15.0. The molecule has 2 aliphatic heterocycles. The first-order valence-electron chi connectivity index (χ1n) is 16.6. The lowest BCUT2D eigenvalue weighted by Crippen LogP contribution is -2.66. The molecule has 17 atom stereocenters. The predicted octanol–water partition coefficient (Wildman–Crippen LogP) is -0.332. The molecule has 2 heterocycles. The number of aliphatic hydroxyl groups excluding tert-OH is 6. The molecule has 0 amide bonds. The zero-order valence-corrected chi connectivity index (χ0v) is 27.1. The van der Waals surface area contributed by atoms with Gasteiger partial charge >= 0.3 is 5.97 Å². The number of esters is 1. The molecule has 2 saturated heterocycles. The van der Waals surface area contributed by atoms with Crippen molar-refractivity contribution < 1.29 is 63.9 Å². The van der Waals surface area contributed by atoms with Crippen molar-refractivity contribution in [2.75, 3.05) is 20.3 Å². The molecule has 6 N–H and O–H groups in total. The Balaban J connectivity index is 1.43. The van der Waals surface area contributed by atoms with Crippen molar-refractivity contribution in [3.63, 3.8) is 0 Å². The van der Waals surface area contributed by atoms with Crippen LogP contribution in [0.4, 0.5) is 0 Å². The van der Waals surface area contributed by atoms with Gasteiger partial charge in [-0.25, -0.2) is 0 Å². The smallest absolute Gasteiger partial charge is 0.320 e. The van der Waals surface area contributed by atoms with Gasteiger partial charge in [-0.3, -0.25) is 4.79 Å². The van der Waals surface area contributed by atoms with Gasteiger partial charge in [0.05, 0.1) is 24.7 Å². The third-order valence-electron chi connectivity index (χ3n) is 12.7. The minimum Gasteiger partial charge on any atom is -0.432 e. The van der Waals surface area contributed by atoms with Gasteiger partial charge in [0, 0.05) is 12.5 Å². The average molecular weight is 655 g/mol. The normalized spacial score (nSPS) is 52.8. The van der Waals surface area contributed by atoms with Crippen molar-refractivity contribution in [3.05, 3.63) is 11.6 Å². The first kappa shape index (κ1) is 34.3. The molecule has 6 aliphatic rings. The standard InChI is InChI=1S/C33H50O13/c1-14(2)20-8-17-9-31(12-35)19-7-6-15(3)18(19)10-32(17,13-43-28-26(40)24(38)27(42-5)16(4)44-28)33(20,31)30(41)46-29-25(39)23(37)22(36)21(11-34)45-29/h8,12,14-19,21-29,34,36-40H,6-7,9-11,13H2,1-5H3. The van der Waals surface area contributed by atoms with Crippen LogP contribution in [0.3, 0.4) is 0 Å². The number of rotatable bonds is 9. The highest BCUT2D eigenvalue weighted by Crippen LogP contribution is 2.83. The summed E-state index contributed by atoms with van der Waals surface area (Å²) in [5.74, 6) is -1.00. The van der Waals surface area contributed by atoms with E-state index >= 15 is 4.79 Å². The van der Waals surface area contributed by atoms with Crippen molar-refractivity contribution in [3.8, 4) is 0 Å². The third kappa shape index (κ3) is 4.43. The fraction of sp³-hybridized carbons (Fsp3) is 0.879. The van der Waals surface area contributed by atoms with Gasteiger partial charge in [-0.05, 0) is 55.8 Å². The molecule has 0 aromatic carbocycles. The summed E-state index contributed by atoms with van der Waals surface area (Å²) in [4.78, 5) is 28.8. The van der Waals surface area contributed by atoms with Gasteiger partial charge in [0.2, 0.25) is 6.29 Å². The van der Waals surface area contributed by atoms with Gasteiger partial charge in [0.1, 0.15) is 54.4 Å². The molecule has 4 aliphatic carbocycles. The zero-order chi connectivity index (χ0) is 33.5. The molecule has 0 aromatic rings. The number of carbonyl (C=O) groups is 2. The molecular formula is C33H50O13. The van der Waals surface area contributed by atoms with Gasteiger partial charge < -0.3 is 59.1 Å². The van der Waals surface area contributed by atoms with E-state index in [9.17, 15) is 35.4 Å². The van der Waals surface area contributed by atoms with Gasteiger partial charge in [-0.2, -0.15) is 0 Å². The molecule has 3 saturated carbocycles. The van der Waals surface area contributed by atoms with E-state index < -0.39 is 90.2 Å². The maximum absolute atomic E-state index is 15.1. The zero-order valence-electron chi connectivity index (χ0n) is 27.1. The molecule has 0 spiro atoms. The Morgan fingerprint density at radius 3 is 2.33 bits per heavy atom. The third-order valence-corrected chi connectivity index (χ3v) is 12.7. The van der Waals surface area contributed by atoms with Crippen LogP contribution >= 0.6 is 0 Å². The highest BCUT2D eigenvalue weighted by molar-refractivity contribution is 5.91. The summed E-state index contributed by atoms with van der Waals surface area (Å²) in [7, 11) is 1.42. The van der Waals surface area contributed by atoms with Crippen LogP contribution in [0, 0.1) is 45.8 Å². The number of carbonyl (C=O) groups excluding carboxylic acids is 2. The second kappa shape index (κ2) is 12.1. The highest BCUT2D eigenvalue weighted by atomic mass is 16.7. The molecule has 4 bridgehead atoms. The lowest BCUT2D eigenvalue weighted by Gasteiger charge is -2.59. The summed E-state index contributed by atoms with van der Waals surface area (Å²) < 4.78 is 29.3. The first-order chi connectivity index (χ1) is 21.8. The van der Waals surface area contributed by atoms with Crippen molar-refractivity contribution >= 4 is 12.3 Å². The minimum absolute atomic E-state index is 0.0987. The Bertz CT molecular complexity index is 1210. The van der Waals surface area contributed by atoms with Crippen molar-refractivity contribution in [1.29, 1.82) is 0 Å². The Labute approximate surface area is 268 Å². The maximum atomic E-state index is 15.1. The summed E-state index contributed by atoms with van der Waals surface area (Å²) >= 11 is 0. The Morgan fingerprint density at radius 2 is 1.70 bits per heavy atom. The molecular weight excluding hydrogens is 604 g/mol. The van der Waals surface area contributed by atoms with Crippen LogP contribution in [0.1, 0.15) is 53.4 Å². The predicted molar refractivity (Wildman–Crippen MR) is 157 cm³/mol. The molecule has 13 heteroatoms. The van der Waals surface area contributed by atoms with Crippen molar-refractivity contribution in [2.24, 2.45) is 45.8 Å². The molecule has 0 radical (unpaired) electrons. The fourth-order valence-electron chi connectivity index (χ4n) is 10.7. The number of aliphatic hydroxyl groups is 6. The summed E-state index contributed by atoms with van der Waals surface area (Å²) in [6.07, 6.45) is -8.04. The first-order valence-corrected chi connectivity index (χ1v) is 16.6. The van der Waals surface area contributed by atoms with Gasteiger partial charge in [0.15, 0.2) is 6.29 Å². The quantitative estimate of drug-likeness (QED) is 0.107. The van der Waals surface area contributed by atoms with E-state index in [2.05, 4.69) is 13.0 Å². The number of fused-ring (bicyclic) bond motifs is 2. The topological polar surface area (TPSA) is 202 Å². The number of ether oxygens (including phenoxy) is 5. The van der Waals surface area contributed by atoms with Crippen LogP contribution in [-0.2, 0) is 33.3 Å². The summed E-state index contributed by atoms with van der Waals surface area (Å²) in [6.45, 7) is 6.97. The largest absolute Gasteiger partial charge is 0.432 e. The van der Waals surface area contributed by atoms with Crippen LogP contribution < -0.4 is 0 Å². The number of hydrogen-bond acceptors (Lipinski definition) is 13. The second-order valence-corrected chi connectivity index (χ2v) is 15.0. The number of hydrogen-bond donors (Lipinski definition) is 6. The molecule has 6 rings (SSSR count). The van der Waals surface area contributed by atoms with E-state index in [0.717, 1.165) is 24.7 Å². The fourth-order valence-corrected chi connectivity index (χ4v) is 10.7. The lowest BCUT2D eigenvalue weighted by molar-refractivity contribution is -0.311. The number of allylic oxidation sites excluding steroid dienone is 1. The molecule has 5 fully saturated rings. The molecule has 13 nitrogen and oxygen atoms in total. The average Bonchev–Trinajstić information content (AvgIpc) is 3.60. The van der Waals surface area contributed by atoms with E-state index in [1.54, 1.807) is 6.92 Å². The van der Waals surface area contributed by atoms with Crippen LogP contribution in [0.5, 0.6) is 0 Å². The van der Waals surface area contributed by atoms with Crippen molar-refractivity contribution in [2.45, 2.75) is 115 Å². The maximum Gasteiger partial charge on any atom is 0.320 e. The molecule has 17 unspecified atom stereocenters. The Hall–Kier alpha value is -1.52. The van der Waals surface area contributed by atoms with E-state index in [1.165, 1.54) is 7.11 Å². The van der Waals surface area contributed by atoms with Crippen LogP contribution in [0.25, 0.3) is 0 Å². The summed E-state index contributed by atoms with van der Waals surface area (Å²) in [5.41, 5.74) is -3.02. The van der Waals surface area contributed by atoms with E-state index in [0.29, 0.717) is 12.8 Å². The van der Waals surface area contributed by atoms with E-state index in [1.807, 2.05) is 13.8 Å². The van der Waals surface area contributed by atoms with Gasteiger partial charge in [-0.1, -0.05) is 38.8 Å². The van der Waals surface area contributed by atoms with E-state index in [-0.39, 0.29) is 36.2 Å². The monoisotopic (exact) mass is 654 g/mol. The minimum atomic E-state index is -1.82. The summed E-state index contributed by atoms with van der Waals surface area (Å²) in [6, 6.07) is 0. The molecule has 260 valence electrons.